The lowest BCUT2D eigenvalue weighted by atomic mass is 10.1. The van der Waals surface area contributed by atoms with E-state index < -0.39 is 23.8 Å². The van der Waals surface area contributed by atoms with Crippen molar-refractivity contribution in [2.75, 3.05) is 172 Å². The summed E-state index contributed by atoms with van der Waals surface area (Å²) >= 11 is 0. The number of carbonyl (C=O) groups is 5. The van der Waals surface area contributed by atoms with Gasteiger partial charge in [0.2, 0.25) is 5.91 Å². The van der Waals surface area contributed by atoms with Gasteiger partial charge in [0.1, 0.15) is 19.0 Å². The van der Waals surface area contributed by atoms with Crippen LogP contribution in [0, 0.1) is 0 Å². The van der Waals surface area contributed by atoms with E-state index in [0.29, 0.717) is 149 Å². The zero-order valence-electron chi connectivity index (χ0n) is 39.1. The van der Waals surface area contributed by atoms with Gasteiger partial charge in [0.25, 0.3) is 17.7 Å². The van der Waals surface area contributed by atoms with E-state index in [2.05, 4.69) is 20.6 Å². The summed E-state index contributed by atoms with van der Waals surface area (Å²) in [7, 11) is 0. The van der Waals surface area contributed by atoms with Crippen LogP contribution in [-0.4, -0.2) is 222 Å². The molecule has 0 fully saturated rings. The first-order valence-electron chi connectivity index (χ1n) is 22.7. The molecule has 3 rings (SSSR count). The Morgan fingerprint density at radius 3 is 1.59 bits per heavy atom. The largest absolute Gasteiger partial charge is 0.447 e. The summed E-state index contributed by atoms with van der Waals surface area (Å²) in [6.07, 6.45) is 7.43. The van der Waals surface area contributed by atoms with Crippen molar-refractivity contribution >= 4 is 47.3 Å². The number of amidine groups is 1. The van der Waals surface area contributed by atoms with Gasteiger partial charge in [0.05, 0.1) is 151 Å². The molecule has 382 valence electrons. The molecule has 2 aliphatic rings. The van der Waals surface area contributed by atoms with Crippen LogP contribution < -0.4 is 16.4 Å². The van der Waals surface area contributed by atoms with Crippen molar-refractivity contribution < 1.29 is 80.9 Å². The molecule has 4 N–H and O–H groups in total. The number of aromatic nitrogens is 1. The number of fused-ring (bicyclic) bond motifs is 1. The Kier molecular flexibility index (Phi) is 32.0. The van der Waals surface area contributed by atoms with Gasteiger partial charge in [-0.15, -0.1) is 0 Å². The third-order valence-corrected chi connectivity index (χ3v) is 8.92. The first kappa shape index (κ1) is 57.3. The summed E-state index contributed by atoms with van der Waals surface area (Å²) in [4.78, 5) is 75.0. The van der Waals surface area contributed by atoms with Crippen LogP contribution >= 0.6 is 0 Å². The number of hydroxylamine groups is 2. The van der Waals surface area contributed by atoms with Gasteiger partial charge in [-0.25, -0.2) is 14.9 Å². The highest BCUT2D eigenvalue weighted by Crippen LogP contribution is 2.26. The van der Waals surface area contributed by atoms with Gasteiger partial charge in [0.15, 0.2) is 0 Å². The zero-order chi connectivity index (χ0) is 48.7. The summed E-state index contributed by atoms with van der Waals surface area (Å²) in [5.74, 6) is -1.46. The van der Waals surface area contributed by atoms with Crippen LogP contribution in [0.25, 0.3) is 6.08 Å². The van der Waals surface area contributed by atoms with Gasteiger partial charge < -0.3 is 68.5 Å². The van der Waals surface area contributed by atoms with Gasteiger partial charge in [-0.1, -0.05) is 6.92 Å². The Balaban J connectivity index is 0.958. The molecule has 0 aliphatic carbocycles. The fourth-order valence-electron chi connectivity index (χ4n) is 5.65. The average molecular weight is 968 g/mol. The van der Waals surface area contributed by atoms with Crippen molar-refractivity contribution in [1.29, 1.82) is 0 Å². The molecule has 0 radical (unpaired) electrons. The zero-order valence-corrected chi connectivity index (χ0v) is 39.1. The number of hydrogen-bond donors (Lipinski definition) is 3. The second-order valence-electron chi connectivity index (χ2n) is 14.3. The number of nitrogens with one attached hydrogen (secondary N) is 2. The fourth-order valence-corrected chi connectivity index (χ4v) is 5.65. The van der Waals surface area contributed by atoms with Crippen molar-refractivity contribution in [2.45, 2.75) is 19.8 Å². The number of aliphatic imine (C=N–C) groups is 1. The molecule has 1 aromatic rings. The monoisotopic (exact) mass is 967 g/mol. The van der Waals surface area contributed by atoms with Crippen LogP contribution in [0.15, 0.2) is 41.2 Å². The van der Waals surface area contributed by atoms with E-state index in [9.17, 15) is 24.0 Å². The predicted molar refractivity (Wildman–Crippen MR) is 242 cm³/mol. The normalized spacial score (nSPS) is 13.3. The Labute approximate surface area is 396 Å². The van der Waals surface area contributed by atoms with E-state index in [1.165, 1.54) is 5.06 Å². The Morgan fingerprint density at radius 2 is 1.10 bits per heavy atom. The number of carbonyl (C=O) groups excluding carboxylic acids is 5. The van der Waals surface area contributed by atoms with Crippen molar-refractivity contribution in [3.05, 3.63) is 41.7 Å². The van der Waals surface area contributed by atoms with Crippen molar-refractivity contribution in [1.82, 2.24) is 25.6 Å². The molecule has 0 saturated carbocycles. The Morgan fingerprint density at radius 1 is 0.647 bits per heavy atom. The number of nitrogens with two attached hydrogens (primary N) is 1. The molecular formula is C44H69N7O17. The maximum absolute atomic E-state index is 13.2. The summed E-state index contributed by atoms with van der Waals surface area (Å²) in [5, 5.41) is 6.44. The maximum Gasteiger partial charge on any atom is 0.407 e. The highest BCUT2D eigenvalue weighted by molar-refractivity contribution is 6.14. The lowest BCUT2D eigenvalue weighted by molar-refractivity contribution is -0.181. The number of alkyl carbamates (subject to hydrolysis) is 1. The van der Waals surface area contributed by atoms with E-state index in [0.717, 1.165) is 22.6 Å². The molecule has 0 spiro atoms. The summed E-state index contributed by atoms with van der Waals surface area (Å²) in [5.41, 5.74) is 7.80. The average Bonchev–Trinajstić information content (AvgIpc) is 3.53. The minimum Gasteiger partial charge on any atom is -0.447 e. The molecule has 0 saturated heterocycles. The third-order valence-electron chi connectivity index (χ3n) is 8.92. The molecule has 0 unspecified atom stereocenters. The highest BCUT2D eigenvalue weighted by atomic mass is 16.7. The summed E-state index contributed by atoms with van der Waals surface area (Å²) in [6.45, 7) is 10.4. The van der Waals surface area contributed by atoms with Crippen LogP contribution in [0.2, 0.25) is 0 Å². The molecule has 68 heavy (non-hydrogen) atoms. The third kappa shape index (κ3) is 27.1. The number of rotatable bonds is 42. The summed E-state index contributed by atoms with van der Waals surface area (Å²) in [6, 6.07) is 1.76. The standard InChI is InChI=1S/C44H69N7O17/c1-2-9-51(43(55)37-32-36-5-6-46-34-38(36)49-39(45)33-37)68-11-8-48-44(56)67-31-30-66-29-28-65-27-26-64-25-24-63-23-22-62-21-20-61-19-18-60-17-16-59-15-14-58-13-12-57-10-7-47-40(52)35-50-41(53)3-4-42(50)54/h3-6,32,34H,2,7-31,33,35H2,1H3,(H2,45,49)(H,47,52)(H,48,56). The van der Waals surface area contributed by atoms with E-state index in [-0.39, 0.29) is 58.4 Å². The second-order valence-corrected chi connectivity index (χ2v) is 14.3. The van der Waals surface area contributed by atoms with Crippen molar-refractivity contribution in [3.63, 3.8) is 0 Å². The highest BCUT2D eigenvalue weighted by Gasteiger charge is 2.25. The van der Waals surface area contributed by atoms with Crippen LogP contribution in [0.5, 0.6) is 0 Å². The lowest BCUT2D eigenvalue weighted by Crippen LogP contribution is -2.41. The van der Waals surface area contributed by atoms with Crippen LogP contribution in [0.3, 0.4) is 0 Å². The predicted octanol–water partition coefficient (Wildman–Crippen LogP) is -0.0390. The minimum atomic E-state index is -0.628. The molecule has 0 bridgehead atoms. The van der Waals surface area contributed by atoms with E-state index >= 15 is 0 Å². The van der Waals surface area contributed by atoms with Gasteiger partial charge in [0, 0.05) is 55.5 Å². The Hall–Kier alpha value is -4.99. The van der Waals surface area contributed by atoms with Crippen molar-refractivity contribution in [2.24, 2.45) is 10.7 Å². The first-order chi connectivity index (χ1) is 33.3. The minimum absolute atomic E-state index is 0.0572. The van der Waals surface area contributed by atoms with Gasteiger partial charge in [-0.3, -0.25) is 33.9 Å². The van der Waals surface area contributed by atoms with Gasteiger partial charge in [-0.05, 0) is 18.6 Å². The van der Waals surface area contributed by atoms with E-state index in [4.69, 9.17) is 62.7 Å². The molecule has 2 aliphatic heterocycles. The molecular weight excluding hydrogens is 899 g/mol. The maximum atomic E-state index is 13.2. The molecule has 0 atom stereocenters. The number of nitrogens with zero attached hydrogens (tertiary/aromatic N) is 4. The number of ether oxygens (including phenoxy) is 11. The second kappa shape index (κ2) is 37.9. The number of imide groups is 1. The van der Waals surface area contributed by atoms with E-state index in [1.807, 2.05) is 6.92 Å². The number of pyridine rings is 1. The molecule has 5 amide bonds. The van der Waals surface area contributed by atoms with Crippen LogP contribution in [0.4, 0.5) is 10.5 Å². The molecule has 1 aromatic heterocycles. The lowest BCUT2D eigenvalue weighted by Gasteiger charge is -2.22. The van der Waals surface area contributed by atoms with Crippen LogP contribution in [-0.2, 0) is 76.1 Å². The van der Waals surface area contributed by atoms with E-state index in [1.54, 1.807) is 24.5 Å². The smallest absolute Gasteiger partial charge is 0.407 e. The summed E-state index contributed by atoms with van der Waals surface area (Å²) < 4.78 is 59.7. The first-order valence-corrected chi connectivity index (χ1v) is 22.7. The molecule has 24 nitrogen and oxygen atoms in total. The number of amides is 5. The number of hydrogen-bond acceptors (Lipinski definition) is 20. The van der Waals surface area contributed by atoms with Gasteiger partial charge in [-0.2, -0.15) is 0 Å². The van der Waals surface area contributed by atoms with Crippen LogP contribution in [0.1, 0.15) is 25.3 Å². The van der Waals surface area contributed by atoms with Gasteiger partial charge >= 0.3 is 6.09 Å². The fraction of sp³-hybridized carbons (Fsp3) is 0.659. The molecule has 3 heterocycles. The topological polar surface area (TPSA) is 278 Å². The Bertz CT molecular complexity index is 1680. The van der Waals surface area contributed by atoms with Crippen molar-refractivity contribution in [3.8, 4) is 0 Å². The quantitative estimate of drug-likeness (QED) is 0.0440. The molecule has 24 heteroatoms. The SMILES string of the molecule is CCCN(OCCNC(=O)OCCOCCOCCOCCOCCOCCOCCOCCOCCOCCOCCNC(=O)CN1C(=O)C=CC1=O)C(=O)C1=Cc2ccncc2N=C(N)C1. The molecule has 0 aromatic carbocycles.